The highest BCUT2D eigenvalue weighted by Gasteiger charge is 2.33. The van der Waals surface area contributed by atoms with Gasteiger partial charge in [-0.3, -0.25) is 0 Å². The van der Waals surface area contributed by atoms with Crippen LogP contribution in [0.2, 0.25) is 0 Å². The predicted octanol–water partition coefficient (Wildman–Crippen LogP) is -0.854. The highest BCUT2D eigenvalue weighted by atomic mass is 17.2. The van der Waals surface area contributed by atoms with Crippen molar-refractivity contribution in [2.75, 3.05) is 26.4 Å². The maximum absolute atomic E-state index is 9.87. The molecule has 4 atom stereocenters. The maximum atomic E-state index is 9.87. The van der Waals surface area contributed by atoms with Crippen molar-refractivity contribution < 1.29 is 40.0 Å². The van der Waals surface area contributed by atoms with Gasteiger partial charge in [0.1, 0.15) is 31.0 Å². The molecule has 0 amide bonds. The zero-order chi connectivity index (χ0) is 15.4. The Morgan fingerprint density at radius 1 is 0.850 bits per heavy atom. The lowest BCUT2D eigenvalue weighted by Crippen LogP contribution is -2.48. The van der Waals surface area contributed by atoms with Crippen molar-refractivity contribution in [3.8, 4) is 0 Å². The van der Waals surface area contributed by atoms with Gasteiger partial charge in [-0.2, -0.15) is 0 Å². The van der Waals surface area contributed by atoms with E-state index in [-0.39, 0.29) is 6.61 Å². The van der Waals surface area contributed by atoms with Crippen molar-refractivity contribution in [2.45, 2.75) is 51.1 Å². The average Bonchev–Trinajstić information content (AvgIpc) is 2.47. The standard InChI is InChI=1S/C12H26O8/c1-3-5-17-19-8-10(20-18-6-4-2)12(16)11(15)9(14)7-13/h9-16H,3-8H2,1-2H3/t9-,10+,11-,12-/m1/s1. The van der Waals surface area contributed by atoms with Crippen LogP contribution in [0.5, 0.6) is 0 Å². The van der Waals surface area contributed by atoms with Crippen LogP contribution < -0.4 is 0 Å². The second-order valence-corrected chi connectivity index (χ2v) is 4.29. The minimum Gasteiger partial charge on any atom is -0.394 e. The van der Waals surface area contributed by atoms with Gasteiger partial charge < -0.3 is 20.4 Å². The molecular weight excluding hydrogens is 272 g/mol. The minimum absolute atomic E-state index is 0.194. The fourth-order valence-electron chi connectivity index (χ4n) is 1.22. The third-order valence-electron chi connectivity index (χ3n) is 2.39. The van der Waals surface area contributed by atoms with Gasteiger partial charge in [0.15, 0.2) is 0 Å². The Balaban J connectivity index is 4.31. The van der Waals surface area contributed by atoms with Crippen LogP contribution in [-0.2, 0) is 19.6 Å². The first kappa shape index (κ1) is 19.7. The van der Waals surface area contributed by atoms with Crippen molar-refractivity contribution in [1.82, 2.24) is 0 Å². The quantitative estimate of drug-likeness (QED) is 0.197. The summed E-state index contributed by atoms with van der Waals surface area (Å²) in [6.45, 7) is 3.57. The zero-order valence-electron chi connectivity index (χ0n) is 12.0. The molecule has 0 aromatic rings. The summed E-state index contributed by atoms with van der Waals surface area (Å²) < 4.78 is 0. The van der Waals surface area contributed by atoms with E-state index in [9.17, 15) is 15.3 Å². The molecule has 0 aliphatic carbocycles. The van der Waals surface area contributed by atoms with Crippen LogP contribution >= 0.6 is 0 Å². The van der Waals surface area contributed by atoms with E-state index >= 15 is 0 Å². The van der Waals surface area contributed by atoms with E-state index < -0.39 is 31.0 Å². The summed E-state index contributed by atoms with van der Waals surface area (Å²) in [5, 5.41) is 37.5. The molecule has 4 N–H and O–H groups in total. The molecular formula is C12H26O8. The third kappa shape index (κ3) is 8.08. The van der Waals surface area contributed by atoms with E-state index in [1.807, 2.05) is 13.8 Å². The fraction of sp³-hybridized carbons (Fsp3) is 1.00. The van der Waals surface area contributed by atoms with Gasteiger partial charge in [0, 0.05) is 0 Å². The van der Waals surface area contributed by atoms with Gasteiger partial charge in [-0.25, -0.2) is 19.6 Å². The smallest absolute Gasteiger partial charge is 0.148 e. The van der Waals surface area contributed by atoms with Crippen LogP contribution in [0, 0.1) is 0 Å². The van der Waals surface area contributed by atoms with Crippen molar-refractivity contribution in [3.05, 3.63) is 0 Å². The van der Waals surface area contributed by atoms with Gasteiger partial charge in [0.2, 0.25) is 0 Å². The first-order chi connectivity index (χ1) is 9.58. The molecule has 0 aromatic heterocycles. The lowest BCUT2D eigenvalue weighted by Gasteiger charge is -2.27. The first-order valence-corrected chi connectivity index (χ1v) is 6.76. The van der Waals surface area contributed by atoms with E-state index in [0.29, 0.717) is 19.6 Å². The van der Waals surface area contributed by atoms with Crippen LogP contribution in [0.1, 0.15) is 26.7 Å². The minimum atomic E-state index is -1.59. The second kappa shape index (κ2) is 12.4. The molecule has 0 saturated heterocycles. The Bertz CT molecular complexity index is 216. The number of rotatable bonds is 13. The molecule has 0 radical (unpaired) electrons. The van der Waals surface area contributed by atoms with Crippen molar-refractivity contribution in [3.63, 3.8) is 0 Å². The molecule has 0 aromatic carbocycles. The first-order valence-electron chi connectivity index (χ1n) is 6.76. The van der Waals surface area contributed by atoms with Gasteiger partial charge in [-0.15, -0.1) is 0 Å². The van der Waals surface area contributed by atoms with E-state index in [1.54, 1.807) is 0 Å². The van der Waals surface area contributed by atoms with Crippen molar-refractivity contribution >= 4 is 0 Å². The molecule has 0 bridgehead atoms. The Labute approximate surface area is 118 Å². The highest BCUT2D eigenvalue weighted by molar-refractivity contribution is 4.80. The lowest BCUT2D eigenvalue weighted by atomic mass is 10.0. The van der Waals surface area contributed by atoms with E-state index in [0.717, 1.165) is 6.42 Å². The third-order valence-corrected chi connectivity index (χ3v) is 2.39. The predicted molar refractivity (Wildman–Crippen MR) is 68.4 cm³/mol. The normalized spacial score (nSPS) is 17.7. The summed E-state index contributed by atoms with van der Waals surface area (Å²) in [5.41, 5.74) is 0. The Morgan fingerprint density at radius 3 is 2.00 bits per heavy atom. The number of aliphatic hydroxyl groups excluding tert-OH is 4. The summed E-state index contributed by atoms with van der Waals surface area (Å²) in [5.74, 6) is 0. The second-order valence-electron chi connectivity index (χ2n) is 4.29. The molecule has 8 nitrogen and oxygen atoms in total. The van der Waals surface area contributed by atoms with Gasteiger partial charge >= 0.3 is 0 Å². The van der Waals surface area contributed by atoms with Crippen LogP contribution in [0.4, 0.5) is 0 Å². The summed E-state index contributed by atoms with van der Waals surface area (Å²) in [6, 6.07) is 0. The number of aliphatic hydroxyl groups is 4. The Morgan fingerprint density at radius 2 is 1.45 bits per heavy atom. The highest BCUT2D eigenvalue weighted by Crippen LogP contribution is 2.10. The summed E-state index contributed by atoms with van der Waals surface area (Å²) >= 11 is 0. The molecule has 122 valence electrons. The summed E-state index contributed by atoms with van der Waals surface area (Å²) in [7, 11) is 0. The molecule has 0 heterocycles. The Hall–Kier alpha value is -0.320. The molecule has 0 rings (SSSR count). The number of hydrogen-bond donors (Lipinski definition) is 4. The summed E-state index contributed by atoms with van der Waals surface area (Å²) in [6.07, 6.45) is -4.18. The lowest BCUT2D eigenvalue weighted by molar-refractivity contribution is -0.381. The Kier molecular flexibility index (Phi) is 12.2. The van der Waals surface area contributed by atoms with Crippen LogP contribution in [0.3, 0.4) is 0 Å². The average molecular weight is 298 g/mol. The van der Waals surface area contributed by atoms with Crippen LogP contribution in [0.15, 0.2) is 0 Å². The molecule has 0 saturated carbocycles. The maximum Gasteiger partial charge on any atom is 0.148 e. The van der Waals surface area contributed by atoms with Crippen LogP contribution in [-0.4, -0.2) is 71.3 Å². The zero-order valence-corrected chi connectivity index (χ0v) is 12.0. The number of hydrogen-bond acceptors (Lipinski definition) is 8. The monoisotopic (exact) mass is 298 g/mol. The SMILES string of the molecule is CCCOOC[C@H](OOCCC)[C@@H](O)[C@H](O)[C@H](O)CO. The van der Waals surface area contributed by atoms with E-state index in [2.05, 4.69) is 0 Å². The molecule has 0 aliphatic rings. The van der Waals surface area contributed by atoms with Crippen molar-refractivity contribution in [2.24, 2.45) is 0 Å². The molecule has 0 spiro atoms. The fourth-order valence-corrected chi connectivity index (χ4v) is 1.22. The van der Waals surface area contributed by atoms with E-state index in [1.165, 1.54) is 0 Å². The van der Waals surface area contributed by atoms with Gasteiger partial charge in [-0.1, -0.05) is 13.8 Å². The van der Waals surface area contributed by atoms with Gasteiger partial charge in [-0.05, 0) is 12.8 Å². The molecule has 20 heavy (non-hydrogen) atoms. The molecule has 0 unspecified atom stereocenters. The van der Waals surface area contributed by atoms with Crippen molar-refractivity contribution in [1.29, 1.82) is 0 Å². The largest absolute Gasteiger partial charge is 0.394 e. The van der Waals surface area contributed by atoms with Gasteiger partial charge in [0.25, 0.3) is 0 Å². The van der Waals surface area contributed by atoms with Crippen LogP contribution in [0.25, 0.3) is 0 Å². The topological polar surface area (TPSA) is 118 Å². The molecule has 0 fully saturated rings. The molecule has 8 heteroatoms. The van der Waals surface area contributed by atoms with E-state index in [4.69, 9.17) is 24.7 Å². The summed E-state index contributed by atoms with van der Waals surface area (Å²) in [4.78, 5) is 19.4. The molecule has 0 aliphatic heterocycles. The van der Waals surface area contributed by atoms with Gasteiger partial charge in [0.05, 0.1) is 19.8 Å².